The Bertz CT molecular complexity index is 1360. The van der Waals surface area contributed by atoms with Gasteiger partial charge in [0.05, 0.1) is 24.4 Å². The quantitative estimate of drug-likeness (QED) is 0.115. The third-order valence-electron chi connectivity index (χ3n) is 5.58. The van der Waals surface area contributed by atoms with Gasteiger partial charge in [0.25, 0.3) is 0 Å². The first-order valence-corrected chi connectivity index (χ1v) is 14.3. The summed E-state index contributed by atoms with van der Waals surface area (Å²) in [5.41, 5.74) is 2.14. The molecule has 0 saturated carbocycles. The molecule has 0 aliphatic carbocycles. The molecule has 13 heteroatoms. The number of ether oxygens (including phenoxy) is 2. The van der Waals surface area contributed by atoms with Crippen molar-refractivity contribution in [3.05, 3.63) is 78.5 Å². The highest BCUT2D eigenvalue weighted by Gasteiger charge is 2.34. The monoisotopic (exact) mass is 621 g/mol. The highest BCUT2D eigenvalue weighted by molar-refractivity contribution is 8.14. The predicted molar refractivity (Wildman–Crippen MR) is 162 cm³/mol. The van der Waals surface area contributed by atoms with E-state index in [-0.39, 0.29) is 11.1 Å². The van der Waals surface area contributed by atoms with Gasteiger partial charge in [-0.2, -0.15) is 0 Å². The summed E-state index contributed by atoms with van der Waals surface area (Å²) in [6.07, 6.45) is 2.88. The van der Waals surface area contributed by atoms with Crippen molar-refractivity contribution in [3.8, 4) is 0 Å². The van der Waals surface area contributed by atoms with Crippen LogP contribution in [0.15, 0.2) is 77.9 Å². The number of hydrogen-bond acceptors (Lipinski definition) is 7. The molecule has 2 N–H and O–H groups in total. The number of aromatic nitrogens is 1. The molecule has 210 valence electrons. The number of anilines is 1. The van der Waals surface area contributed by atoms with Crippen LogP contribution >= 0.6 is 46.6 Å². The molecule has 0 bridgehead atoms. The molecule has 1 aromatic heterocycles. The summed E-state index contributed by atoms with van der Waals surface area (Å²) in [4.78, 5) is 35.7. The molecule has 40 heavy (non-hydrogen) atoms. The second-order valence-corrected chi connectivity index (χ2v) is 11.7. The first-order valence-electron chi connectivity index (χ1n) is 12.2. The van der Waals surface area contributed by atoms with Crippen LogP contribution in [-0.2, 0) is 14.3 Å². The zero-order valence-corrected chi connectivity index (χ0v) is 24.2. The molecule has 2 amide bonds. The fraction of sp³-hybridized carbons (Fsp3) is 0.259. The van der Waals surface area contributed by atoms with Crippen LogP contribution in [0.1, 0.15) is 5.56 Å². The number of nitrogens with zero attached hydrogens (tertiary/aromatic N) is 3. The number of amides is 2. The molecule has 1 saturated heterocycles. The van der Waals surface area contributed by atoms with Crippen LogP contribution in [0.3, 0.4) is 0 Å². The van der Waals surface area contributed by atoms with Crippen molar-refractivity contribution in [2.24, 2.45) is 4.99 Å². The third-order valence-corrected chi connectivity index (χ3v) is 6.92. The minimum absolute atomic E-state index is 0.0886. The number of alkyl halides is 3. The summed E-state index contributed by atoms with van der Waals surface area (Å²) in [5.74, 6) is -0.604. The average molecular weight is 623 g/mol. The van der Waals surface area contributed by atoms with E-state index in [9.17, 15) is 9.59 Å². The van der Waals surface area contributed by atoms with Gasteiger partial charge in [-0.3, -0.25) is 9.78 Å². The number of carbonyl (C=O) groups is 2. The van der Waals surface area contributed by atoms with Crippen molar-refractivity contribution in [2.75, 3.05) is 37.6 Å². The number of para-hydroxylation sites is 1. The van der Waals surface area contributed by atoms with E-state index in [1.165, 1.54) is 6.08 Å². The van der Waals surface area contributed by atoms with Gasteiger partial charge in [-0.25, -0.2) is 9.79 Å². The number of fused-ring (bicyclic) bond motifs is 1. The topological polar surface area (TPSA) is 105 Å². The first-order chi connectivity index (χ1) is 19.3. The average Bonchev–Trinajstić information content (AvgIpc) is 2.96. The Balaban J connectivity index is 1.54. The number of hydrogen-bond donors (Lipinski definition) is 2. The van der Waals surface area contributed by atoms with Crippen molar-refractivity contribution in [1.82, 2.24) is 15.2 Å². The van der Waals surface area contributed by atoms with Gasteiger partial charge in [-0.15, -0.1) is 0 Å². The number of aliphatic imine (C=N–C) groups is 1. The summed E-state index contributed by atoms with van der Waals surface area (Å²) in [7, 11) is 0. The summed E-state index contributed by atoms with van der Waals surface area (Å²) in [6, 6.07) is 18.6. The zero-order chi connectivity index (χ0) is 28.4. The number of carbonyl (C=O) groups excluding carboxylic acids is 2. The lowest BCUT2D eigenvalue weighted by Gasteiger charge is -2.26. The summed E-state index contributed by atoms with van der Waals surface area (Å²) >= 11 is 19.7. The first kappa shape index (κ1) is 30.0. The Morgan fingerprint density at radius 1 is 1.10 bits per heavy atom. The Labute approximate surface area is 250 Å². The molecule has 1 aliphatic rings. The van der Waals surface area contributed by atoms with Crippen LogP contribution in [0, 0.1) is 0 Å². The van der Waals surface area contributed by atoms with Gasteiger partial charge in [0.2, 0.25) is 9.70 Å². The molecule has 2 aromatic carbocycles. The number of amidine groups is 1. The highest BCUT2D eigenvalue weighted by Crippen LogP contribution is 2.32. The van der Waals surface area contributed by atoms with Crippen molar-refractivity contribution in [2.45, 2.75) is 9.96 Å². The highest BCUT2D eigenvalue weighted by atomic mass is 35.6. The van der Waals surface area contributed by atoms with Gasteiger partial charge in [0.15, 0.2) is 11.3 Å². The van der Waals surface area contributed by atoms with E-state index >= 15 is 0 Å². The molecule has 1 fully saturated rings. The molecule has 0 spiro atoms. The van der Waals surface area contributed by atoms with Crippen molar-refractivity contribution in [3.63, 3.8) is 0 Å². The fourth-order valence-corrected chi connectivity index (χ4v) is 4.57. The molecular weight excluding hydrogens is 597 g/mol. The summed E-state index contributed by atoms with van der Waals surface area (Å²) in [5, 5.41) is 6.94. The number of morpholine rings is 1. The second kappa shape index (κ2) is 14.6. The molecule has 1 unspecified atom stereocenters. The number of halogens is 3. The second-order valence-electron chi connectivity index (χ2n) is 8.41. The maximum atomic E-state index is 12.7. The smallest absolute Gasteiger partial charge is 0.410 e. The van der Waals surface area contributed by atoms with Crippen LogP contribution in [0.5, 0.6) is 0 Å². The van der Waals surface area contributed by atoms with Gasteiger partial charge in [0.1, 0.15) is 5.94 Å². The molecule has 2 heterocycles. The van der Waals surface area contributed by atoms with E-state index in [2.05, 4.69) is 20.6 Å². The number of thioether (sulfide) groups is 1. The minimum Gasteiger partial charge on any atom is -0.438 e. The van der Waals surface area contributed by atoms with Gasteiger partial charge in [-0.1, -0.05) is 83.3 Å². The van der Waals surface area contributed by atoms with Crippen LogP contribution in [0.2, 0.25) is 0 Å². The molecule has 3 aromatic rings. The van der Waals surface area contributed by atoms with Gasteiger partial charge in [0, 0.05) is 30.7 Å². The molecule has 1 atom stereocenters. The zero-order valence-electron chi connectivity index (χ0n) is 21.1. The number of pyridine rings is 1. The molecule has 9 nitrogen and oxygen atoms in total. The van der Waals surface area contributed by atoms with E-state index in [4.69, 9.17) is 44.3 Å². The molecule has 4 rings (SSSR count). The van der Waals surface area contributed by atoms with Gasteiger partial charge >= 0.3 is 6.09 Å². The van der Waals surface area contributed by atoms with Crippen molar-refractivity contribution in [1.29, 1.82) is 0 Å². The largest absolute Gasteiger partial charge is 0.438 e. The van der Waals surface area contributed by atoms with Crippen molar-refractivity contribution < 1.29 is 19.1 Å². The number of benzene rings is 2. The van der Waals surface area contributed by atoms with Crippen molar-refractivity contribution >= 4 is 86.4 Å². The predicted octanol–water partition coefficient (Wildman–Crippen LogP) is 5.69. The van der Waals surface area contributed by atoms with Gasteiger partial charge < -0.3 is 25.0 Å². The van der Waals surface area contributed by atoms with E-state index < -0.39 is 22.0 Å². The van der Waals surface area contributed by atoms with Crippen LogP contribution < -0.4 is 10.6 Å². The fourth-order valence-electron chi connectivity index (χ4n) is 3.62. The third kappa shape index (κ3) is 9.00. The van der Waals surface area contributed by atoms with E-state index in [0.717, 1.165) is 22.7 Å². The van der Waals surface area contributed by atoms with Crippen LogP contribution in [0.4, 0.5) is 10.5 Å². The lowest BCUT2D eigenvalue weighted by atomic mass is 10.2. The van der Waals surface area contributed by atoms with Crippen LogP contribution in [0.25, 0.3) is 17.0 Å². The molecule has 0 radical (unpaired) electrons. The Morgan fingerprint density at radius 3 is 2.60 bits per heavy atom. The maximum Gasteiger partial charge on any atom is 0.410 e. The lowest BCUT2D eigenvalue weighted by Crippen LogP contribution is -2.42. The van der Waals surface area contributed by atoms with Crippen LogP contribution in [-0.4, -0.2) is 69.3 Å². The summed E-state index contributed by atoms with van der Waals surface area (Å²) < 4.78 is 8.72. The Hall–Kier alpha value is -3.02. The minimum atomic E-state index is -1.99. The Morgan fingerprint density at radius 2 is 1.85 bits per heavy atom. The SMILES string of the molecule is O=C(/C=C/c1ccccc1)NC(N=C(Nc1cccc2cccnc12)SCOC(=O)N1CCOCC1)C(Cl)(Cl)Cl. The molecular formula is C27H26Cl3N5O4S. The van der Waals surface area contributed by atoms with E-state index in [0.29, 0.717) is 37.5 Å². The summed E-state index contributed by atoms with van der Waals surface area (Å²) in [6.45, 7) is 1.80. The number of nitrogens with one attached hydrogen (secondary N) is 2. The maximum absolute atomic E-state index is 12.7. The normalized spacial score (nSPS) is 15.2. The molecule has 1 aliphatic heterocycles. The standard InChI is InChI=1S/C27H26Cl3N5O4S/c28-27(29,30)24(33-22(36)12-11-19-6-2-1-3-7-19)34-25(40-18-39-26(37)35-14-16-38-17-15-35)32-21-10-4-8-20-9-5-13-31-23(20)21/h1-13,24H,14-18H2,(H,32,34)(H,33,36)/b12-11+. The van der Waals surface area contributed by atoms with E-state index in [1.807, 2.05) is 60.7 Å². The van der Waals surface area contributed by atoms with Gasteiger partial charge in [-0.05, 0) is 35.5 Å². The van der Waals surface area contributed by atoms with E-state index in [1.54, 1.807) is 17.2 Å². The lowest BCUT2D eigenvalue weighted by molar-refractivity contribution is -0.117. The Kier molecular flexibility index (Phi) is 10.9. The number of rotatable bonds is 7.